The van der Waals surface area contributed by atoms with Crippen molar-refractivity contribution in [2.45, 2.75) is 24.9 Å². The average Bonchev–Trinajstić information content (AvgIpc) is 3.00. The highest BCUT2D eigenvalue weighted by molar-refractivity contribution is 7.17. The van der Waals surface area contributed by atoms with E-state index in [1.54, 1.807) is 0 Å². The quantitative estimate of drug-likeness (QED) is 0.916. The smallest absolute Gasteiger partial charge is 0.0615 e. The normalized spacial score (nSPS) is 30.8. The lowest BCUT2D eigenvalue weighted by atomic mass is 9.74. The zero-order chi connectivity index (χ0) is 12.2. The number of aliphatic hydroxyl groups is 1. The molecule has 2 saturated heterocycles. The Morgan fingerprint density at radius 2 is 2.17 bits per heavy atom. The maximum absolute atomic E-state index is 9.64. The SMILES string of the molecule is OCC12CC(CN1Cc1csc3ccccc13)C2. The minimum absolute atomic E-state index is 0.119. The van der Waals surface area contributed by atoms with Gasteiger partial charge in [-0.15, -0.1) is 11.3 Å². The van der Waals surface area contributed by atoms with Gasteiger partial charge in [0.25, 0.3) is 0 Å². The Hall–Kier alpha value is -0.900. The van der Waals surface area contributed by atoms with E-state index < -0.39 is 0 Å². The zero-order valence-electron chi connectivity index (χ0n) is 10.3. The van der Waals surface area contributed by atoms with E-state index in [1.165, 1.54) is 35.0 Å². The van der Waals surface area contributed by atoms with Crippen molar-refractivity contribution in [3.8, 4) is 0 Å². The van der Waals surface area contributed by atoms with E-state index in [9.17, 15) is 5.11 Å². The van der Waals surface area contributed by atoms with Crippen LogP contribution in [0.5, 0.6) is 0 Å². The second-order valence-electron chi connectivity index (χ2n) is 5.79. The number of hydrogen-bond acceptors (Lipinski definition) is 3. The number of aliphatic hydroxyl groups excluding tert-OH is 1. The third-order valence-electron chi connectivity index (χ3n) is 4.70. The fourth-order valence-corrected chi connectivity index (χ4v) is 4.68. The first-order valence-corrected chi connectivity index (χ1v) is 7.50. The van der Waals surface area contributed by atoms with Crippen molar-refractivity contribution in [3.05, 3.63) is 35.2 Å². The van der Waals surface area contributed by atoms with E-state index in [0.29, 0.717) is 6.61 Å². The molecule has 3 fully saturated rings. The summed E-state index contributed by atoms with van der Waals surface area (Å²) in [5, 5.41) is 13.3. The maximum Gasteiger partial charge on any atom is 0.0615 e. The third-order valence-corrected chi connectivity index (χ3v) is 5.72. The van der Waals surface area contributed by atoms with Gasteiger partial charge in [-0.25, -0.2) is 0 Å². The van der Waals surface area contributed by atoms with Crippen LogP contribution in [0.3, 0.4) is 0 Å². The molecule has 2 bridgehead atoms. The van der Waals surface area contributed by atoms with Crippen LogP contribution >= 0.6 is 11.3 Å². The molecular formula is C15H17NOS. The van der Waals surface area contributed by atoms with Crippen LogP contribution in [0.15, 0.2) is 29.6 Å². The van der Waals surface area contributed by atoms with Crippen LogP contribution < -0.4 is 0 Å². The van der Waals surface area contributed by atoms with Gasteiger partial charge in [-0.05, 0) is 41.2 Å². The molecular weight excluding hydrogens is 242 g/mol. The Morgan fingerprint density at radius 3 is 3.00 bits per heavy atom. The summed E-state index contributed by atoms with van der Waals surface area (Å²) in [5.41, 5.74) is 1.55. The molecule has 5 rings (SSSR count). The lowest BCUT2D eigenvalue weighted by molar-refractivity contribution is 0.0338. The minimum Gasteiger partial charge on any atom is -0.394 e. The monoisotopic (exact) mass is 259 g/mol. The van der Waals surface area contributed by atoms with Crippen molar-refractivity contribution in [2.75, 3.05) is 13.2 Å². The van der Waals surface area contributed by atoms with Crippen LogP contribution in [-0.4, -0.2) is 28.7 Å². The Balaban J connectivity index is 1.65. The molecule has 2 nitrogen and oxygen atoms in total. The van der Waals surface area contributed by atoms with Crippen molar-refractivity contribution >= 4 is 21.4 Å². The predicted molar refractivity (Wildman–Crippen MR) is 74.8 cm³/mol. The van der Waals surface area contributed by atoms with Gasteiger partial charge >= 0.3 is 0 Å². The second-order valence-corrected chi connectivity index (χ2v) is 6.71. The van der Waals surface area contributed by atoms with Gasteiger partial charge in [-0.1, -0.05) is 18.2 Å². The molecule has 1 saturated carbocycles. The molecule has 18 heavy (non-hydrogen) atoms. The van der Waals surface area contributed by atoms with Crippen LogP contribution in [0.4, 0.5) is 0 Å². The van der Waals surface area contributed by atoms with Crippen molar-refractivity contribution < 1.29 is 5.11 Å². The van der Waals surface area contributed by atoms with Crippen molar-refractivity contribution in [1.82, 2.24) is 4.90 Å². The predicted octanol–water partition coefficient (Wildman–Crippen LogP) is 2.86. The molecule has 1 aliphatic carbocycles. The number of hydrogen-bond donors (Lipinski definition) is 1. The van der Waals surface area contributed by atoms with Gasteiger partial charge in [0.05, 0.1) is 6.61 Å². The summed E-state index contributed by atoms with van der Waals surface area (Å²) < 4.78 is 1.37. The molecule has 2 aromatic rings. The molecule has 1 aromatic carbocycles. The summed E-state index contributed by atoms with van der Waals surface area (Å²) in [6, 6.07) is 8.62. The topological polar surface area (TPSA) is 23.5 Å². The van der Waals surface area contributed by atoms with E-state index in [4.69, 9.17) is 0 Å². The Bertz CT molecular complexity index is 585. The van der Waals surface area contributed by atoms with Gasteiger partial charge in [0, 0.05) is 23.3 Å². The first kappa shape index (κ1) is 11.0. The van der Waals surface area contributed by atoms with Gasteiger partial charge in [-0.3, -0.25) is 4.90 Å². The molecule has 0 radical (unpaired) electrons. The molecule has 3 heterocycles. The fraction of sp³-hybridized carbons (Fsp3) is 0.467. The standard InChI is InChI=1S/C15H17NOS/c17-10-15-5-11(6-15)7-16(15)8-12-9-18-14-4-2-1-3-13(12)14/h1-4,9,11,17H,5-8,10H2. The lowest BCUT2D eigenvalue weighted by Crippen LogP contribution is -2.48. The van der Waals surface area contributed by atoms with Crippen molar-refractivity contribution in [3.63, 3.8) is 0 Å². The molecule has 0 spiro atoms. The molecule has 0 atom stereocenters. The molecule has 1 N–H and O–H groups in total. The van der Waals surface area contributed by atoms with E-state index in [1.807, 2.05) is 11.3 Å². The summed E-state index contributed by atoms with van der Waals surface area (Å²) in [4.78, 5) is 2.51. The largest absolute Gasteiger partial charge is 0.394 e. The highest BCUT2D eigenvalue weighted by Gasteiger charge is 2.55. The molecule has 0 unspecified atom stereocenters. The summed E-state index contributed by atoms with van der Waals surface area (Å²) in [5.74, 6) is 0.835. The highest BCUT2D eigenvalue weighted by Crippen LogP contribution is 2.51. The first-order chi connectivity index (χ1) is 8.81. The van der Waals surface area contributed by atoms with Crippen LogP contribution in [0, 0.1) is 5.92 Å². The van der Waals surface area contributed by atoms with Gasteiger partial charge < -0.3 is 5.11 Å². The van der Waals surface area contributed by atoms with E-state index in [2.05, 4.69) is 34.5 Å². The number of rotatable bonds is 3. The van der Waals surface area contributed by atoms with Gasteiger partial charge in [-0.2, -0.15) is 0 Å². The zero-order valence-corrected chi connectivity index (χ0v) is 11.1. The average molecular weight is 259 g/mol. The van der Waals surface area contributed by atoms with Gasteiger partial charge in [0.1, 0.15) is 0 Å². The van der Waals surface area contributed by atoms with Gasteiger partial charge in [0.15, 0.2) is 0 Å². The number of thiophene rings is 1. The Kier molecular flexibility index (Phi) is 2.31. The second kappa shape index (κ2) is 3.80. The lowest BCUT2D eigenvalue weighted by Gasteiger charge is -2.40. The molecule has 2 aliphatic heterocycles. The minimum atomic E-state index is 0.119. The molecule has 3 heteroatoms. The first-order valence-electron chi connectivity index (χ1n) is 6.62. The number of nitrogens with zero attached hydrogens (tertiary/aromatic N) is 1. The summed E-state index contributed by atoms with van der Waals surface area (Å²) in [6.45, 7) is 2.50. The number of benzene rings is 1. The fourth-order valence-electron chi connectivity index (χ4n) is 3.73. The summed E-state index contributed by atoms with van der Waals surface area (Å²) in [6.07, 6.45) is 2.40. The van der Waals surface area contributed by atoms with E-state index in [-0.39, 0.29) is 5.54 Å². The summed E-state index contributed by atoms with van der Waals surface area (Å²) in [7, 11) is 0. The van der Waals surface area contributed by atoms with Crippen molar-refractivity contribution in [2.24, 2.45) is 5.92 Å². The highest BCUT2D eigenvalue weighted by atomic mass is 32.1. The maximum atomic E-state index is 9.64. The van der Waals surface area contributed by atoms with Crippen LogP contribution in [0.2, 0.25) is 0 Å². The van der Waals surface area contributed by atoms with E-state index in [0.717, 1.165) is 12.5 Å². The van der Waals surface area contributed by atoms with Crippen LogP contribution in [0.25, 0.3) is 10.1 Å². The molecule has 94 valence electrons. The van der Waals surface area contributed by atoms with Crippen LogP contribution in [-0.2, 0) is 6.54 Å². The Morgan fingerprint density at radius 1 is 1.33 bits per heavy atom. The summed E-state index contributed by atoms with van der Waals surface area (Å²) >= 11 is 1.83. The Labute approximate surface area is 111 Å². The van der Waals surface area contributed by atoms with Crippen molar-refractivity contribution in [1.29, 1.82) is 0 Å². The van der Waals surface area contributed by atoms with Crippen LogP contribution in [0.1, 0.15) is 18.4 Å². The molecule has 3 aliphatic rings. The number of fused-ring (bicyclic) bond motifs is 2. The third kappa shape index (κ3) is 1.41. The van der Waals surface area contributed by atoms with Gasteiger partial charge in [0.2, 0.25) is 0 Å². The molecule has 1 aromatic heterocycles. The van der Waals surface area contributed by atoms with E-state index >= 15 is 0 Å². The molecule has 0 amide bonds.